The minimum atomic E-state index is -1.12. The van der Waals surface area contributed by atoms with E-state index in [1.54, 1.807) is 66.9 Å². The molecule has 2 N–H and O–H groups in total. The highest BCUT2D eigenvalue weighted by atomic mass is 16.5. The predicted molar refractivity (Wildman–Crippen MR) is 141 cm³/mol. The molecule has 0 saturated heterocycles. The number of pyridine rings is 1. The largest absolute Gasteiger partial charge is 0.490 e. The number of benzene rings is 3. The van der Waals surface area contributed by atoms with Crippen molar-refractivity contribution in [3.05, 3.63) is 120 Å². The number of nitrogens with one attached hydrogen (secondary N) is 1. The van der Waals surface area contributed by atoms with Gasteiger partial charge in [-0.1, -0.05) is 48.5 Å². The highest BCUT2D eigenvalue weighted by Gasteiger charge is 2.21. The summed E-state index contributed by atoms with van der Waals surface area (Å²) in [6.07, 6.45) is 1.78. The van der Waals surface area contributed by atoms with Crippen molar-refractivity contribution in [1.82, 2.24) is 10.3 Å². The van der Waals surface area contributed by atoms with Crippen LogP contribution in [0.2, 0.25) is 0 Å². The van der Waals surface area contributed by atoms with E-state index in [0.29, 0.717) is 42.8 Å². The number of nitrogens with zero attached hydrogens (tertiary/aromatic N) is 1. The number of carbonyl (C=O) groups excluding carboxylic acids is 1. The molecule has 0 aliphatic rings. The molecule has 0 saturated carbocycles. The van der Waals surface area contributed by atoms with Crippen molar-refractivity contribution in [2.45, 2.75) is 19.1 Å². The summed E-state index contributed by atoms with van der Waals surface area (Å²) in [5.41, 5.74) is 2.15. The average Bonchev–Trinajstić information content (AvgIpc) is 2.96. The molecule has 194 valence electrons. The number of hydrogen-bond acceptors (Lipinski definition) is 6. The standard InChI is InChI=1S/C30H28N2O6/c33-29(24-11-15-25(16-12-24)36-18-19-37-28-8-4-5-17-31-28)32-27(30(34)35)20-22-9-13-26(14-10-22)38-21-23-6-2-1-3-7-23/h1-17,27H,18-21H2,(H,32,33)(H,34,35)/t27-/m0/s1. The first-order chi connectivity index (χ1) is 18.6. The van der Waals surface area contributed by atoms with Crippen molar-refractivity contribution in [3.8, 4) is 17.4 Å². The fraction of sp³-hybridized carbons (Fsp3) is 0.167. The van der Waals surface area contributed by atoms with Crippen molar-refractivity contribution < 1.29 is 28.9 Å². The van der Waals surface area contributed by atoms with E-state index in [1.165, 1.54) is 0 Å². The second kappa shape index (κ2) is 13.5. The fourth-order valence-electron chi connectivity index (χ4n) is 3.58. The maximum Gasteiger partial charge on any atom is 0.326 e. The molecule has 0 bridgehead atoms. The lowest BCUT2D eigenvalue weighted by molar-refractivity contribution is -0.139. The first kappa shape index (κ1) is 26.2. The van der Waals surface area contributed by atoms with E-state index in [2.05, 4.69) is 10.3 Å². The SMILES string of the molecule is O=C(N[C@@H](Cc1ccc(OCc2ccccc2)cc1)C(=O)O)c1ccc(OCCOc2ccccn2)cc1. The van der Waals surface area contributed by atoms with Crippen LogP contribution in [0.15, 0.2) is 103 Å². The zero-order valence-corrected chi connectivity index (χ0v) is 20.7. The molecule has 0 aliphatic carbocycles. The second-order valence-electron chi connectivity index (χ2n) is 8.38. The molecule has 4 aromatic rings. The maximum atomic E-state index is 12.7. The van der Waals surface area contributed by atoms with Crippen LogP contribution in [0.5, 0.6) is 17.4 Å². The number of carboxylic acid groups (broad SMARTS) is 1. The smallest absolute Gasteiger partial charge is 0.326 e. The van der Waals surface area contributed by atoms with Crippen molar-refractivity contribution >= 4 is 11.9 Å². The van der Waals surface area contributed by atoms with Crippen LogP contribution in [0.3, 0.4) is 0 Å². The number of amides is 1. The molecule has 1 atom stereocenters. The molecule has 8 nitrogen and oxygen atoms in total. The van der Waals surface area contributed by atoms with Crippen molar-refractivity contribution in [2.75, 3.05) is 13.2 Å². The van der Waals surface area contributed by atoms with E-state index in [9.17, 15) is 14.7 Å². The van der Waals surface area contributed by atoms with Crippen LogP contribution >= 0.6 is 0 Å². The number of carbonyl (C=O) groups is 2. The molecule has 0 radical (unpaired) electrons. The van der Waals surface area contributed by atoms with Gasteiger partial charge in [-0.25, -0.2) is 9.78 Å². The number of aliphatic carboxylic acids is 1. The molecule has 0 unspecified atom stereocenters. The number of aromatic nitrogens is 1. The van der Waals surface area contributed by atoms with Gasteiger partial charge in [0.1, 0.15) is 37.4 Å². The zero-order chi connectivity index (χ0) is 26.6. The lowest BCUT2D eigenvalue weighted by atomic mass is 10.1. The Morgan fingerprint density at radius 2 is 1.39 bits per heavy atom. The monoisotopic (exact) mass is 512 g/mol. The van der Waals surface area contributed by atoms with Gasteiger partial charge in [-0.3, -0.25) is 4.79 Å². The highest BCUT2D eigenvalue weighted by Crippen LogP contribution is 2.16. The Kier molecular flexibility index (Phi) is 9.28. The predicted octanol–water partition coefficient (Wildman–Crippen LogP) is 4.54. The zero-order valence-electron chi connectivity index (χ0n) is 20.7. The third-order valence-corrected chi connectivity index (χ3v) is 5.57. The van der Waals surface area contributed by atoms with Crippen LogP contribution in [-0.4, -0.2) is 41.2 Å². The molecule has 0 spiro atoms. The quantitative estimate of drug-likeness (QED) is 0.253. The Hall–Kier alpha value is -4.85. The van der Waals surface area contributed by atoms with Gasteiger partial charge in [-0.15, -0.1) is 0 Å². The lowest BCUT2D eigenvalue weighted by Gasteiger charge is -2.15. The van der Waals surface area contributed by atoms with E-state index in [0.717, 1.165) is 11.1 Å². The van der Waals surface area contributed by atoms with Gasteiger partial charge in [-0.05, 0) is 53.6 Å². The van der Waals surface area contributed by atoms with E-state index in [4.69, 9.17) is 14.2 Å². The summed E-state index contributed by atoms with van der Waals surface area (Å²) in [4.78, 5) is 28.6. The molecular formula is C30H28N2O6. The normalized spacial score (nSPS) is 11.3. The molecule has 8 heteroatoms. The maximum absolute atomic E-state index is 12.7. The molecule has 1 amide bonds. The summed E-state index contributed by atoms with van der Waals surface area (Å²) in [6.45, 7) is 1.07. The Morgan fingerprint density at radius 3 is 2.08 bits per heavy atom. The molecule has 0 fully saturated rings. The van der Waals surface area contributed by atoms with Crippen LogP contribution in [-0.2, 0) is 17.8 Å². The van der Waals surface area contributed by atoms with Crippen LogP contribution < -0.4 is 19.5 Å². The fourth-order valence-corrected chi connectivity index (χ4v) is 3.58. The van der Waals surface area contributed by atoms with Crippen LogP contribution in [0.1, 0.15) is 21.5 Å². The second-order valence-corrected chi connectivity index (χ2v) is 8.38. The summed E-state index contributed by atoms with van der Waals surface area (Å²) >= 11 is 0. The van der Waals surface area contributed by atoms with E-state index >= 15 is 0 Å². The third kappa shape index (κ3) is 8.09. The van der Waals surface area contributed by atoms with Gasteiger partial charge in [0, 0.05) is 24.2 Å². The van der Waals surface area contributed by atoms with E-state index < -0.39 is 17.9 Å². The Morgan fingerprint density at radius 1 is 0.737 bits per heavy atom. The summed E-state index contributed by atoms with van der Waals surface area (Å²) in [6, 6.07) is 27.8. The van der Waals surface area contributed by atoms with Gasteiger partial charge in [0.15, 0.2) is 0 Å². The van der Waals surface area contributed by atoms with E-state index in [1.807, 2.05) is 36.4 Å². The van der Waals surface area contributed by atoms with Crippen LogP contribution in [0.25, 0.3) is 0 Å². The summed E-state index contributed by atoms with van der Waals surface area (Å²) in [5, 5.41) is 12.3. The van der Waals surface area contributed by atoms with Gasteiger partial charge >= 0.3 is 5.97 Å². The molecule has 1 aromatic heterocycles. The first-order valence-corrected chi connectivity index (χ1v) is 12.1. The van der Waals surface area contributed by atoms with Gasteiger partial charge in [-0.2, -0.15) is 0 Å². The number of carboxylic acids is 1. The van der Waals surface area contributed by atoms with Gasteiger partial charge in [0.05, 0.1) is 0 Å². The summed E-state index contributed by atoms with van der Waals surface area (Å²) < 4.78 is 16.9. The summed E-state index contributed by atoms with van der Waals surface area (Å²) in [5.74, 6) is 0.166. The number of hydrogen-bond donors (Lipinski definition) is 2. The number of ether oxygens (including phenoxy) is 3. The minimum absolute atomic E-state index is 0.136. The molecule has 3 aromatic carbocycles. The highest BCUT2D eigenvalue weighted by molar-refractivity contribution is 5.96. The molecule has 1 heterocycles. The topological polar surface area (TPSA) is 107 Å². The average molecular weight is 513 g/mol. The summed E-state index contributed by atoms with van der Waals surface area (Å²) in [7, 11) is 0. The molecule has 0 aliphatic heterocycles. The number of rotatable bonds is 13. The molecule has 4 rings (SSSR count). The van der Waals surface area contributed by atoms with Gasteiger partial charge in [0.2, 0.25) is 5.88 Å². The molecule has 38 heavy (non-hydrogen) atoms. The van der Waals surface area contributed by atoms with E-state index in [-0.39, 0.29) is 6.42 Å². The lowest BCUT2D eigenvalue weighted by Crippen LogP contribution is -2.42. The van der Waals surface area contributed by atoms with Gasteiger partial charge in [0.25, 0.3) is 5.91 Å². The Labute approximate surface area is 220 Å². The molecular weight excluding hydrogens is 484 g/mol. The third-order valence-electron chi connectivity index (χ3n) is 5.57. The Balaban J connectivity index is 1.24. The first-order valence-electron chi connectivity index (χ1n) is 12.1. The van der Waals surface area contributed by atoms with Crippen molar-refractivity contribution in [3.63, 3.8) is 0 Å². The minimum Gasteiger partial charge on any atom is -0.490 e. The van der Waals surface area contributed by atoms with Crippen molar-refractivity contribution in [2.24, 2.45) is 0 Å². The van der Waals surface area contributed by atoms with Crippen molar-refractivity contribution in [1.29, 1.82) is 0 Å². The van der Waals surface area contributed by atoms with Crippen LogP contribution in [0.4, 0.5) is 0 Å². The Bertz CT molecular complexity index is 1300. The van der Waals surface area contributed by atoms with Crippen LogP contribution in [0, 0.1) is 0 Å². The van der Waals surface area contributed by atoms with Gasteiger partial charge < -0.3 is 24.6 Å².